The van der Waals surface area contributed by atoms with Crippen LogP contribution in [0.25, 0.3) is 0 Å². The largest absolute Gasteiger partial charge is 0.369 e. The molecule has 1 aromatic rings. The minimum atomic E-state index is 0.308. The summed E-state index contributed by atoms with van der Waals surface area (Å²) >= 11 is 0. The molecule has 3 heteroatoms. The first-order chi connectivity index (χ1) is 8.09. The molecular formula is C14H21N3. The molecule has 0 heterocycles. The summed E-state index contributed by atoms with van der Waals surface area (Å²) in [7, 11) is 3.88. The zero-order valence-corrected chi connectivity index (χ0v) is 10.9. The number of aliphatic imine (C=N–C) groups is 1. The van der Waals surface area contributed by atoms with Gasteiger partial charge in [0.1, 0.15) is 0 Å². The van der Waals surface area contributed by atoms with Crippen molar-refractivity contribution in [2.24, 2.45) is 4.99 Å². The molecule has 0 saturated carbocycles. The van der Waals surface area contributed by atoms with E-state index in [-0.39, 0.29) is 0 Å². The highest BCUT2D eigenvalue weighted by molar-refractivity contribution is 5.55. The molecule has 0 radical (unpaired) electrons. The van der Waals surface area contributed by atoms with Crippen molar-refractivity contribution in [3.05, 3.63) is 48.2 Å². The molecule has 0 aliphatic heterocycles. The topological polar surface area (TPSA) is 27.6 Å². The van der Waals surface area contributed by atoms with Gasteiger partial charge in [-0.05, 0) is 12.5 Å². The van der Waals surface area contributed by atoms with Gasteiger partial charge in [0.15, 0.2) is 0 Å². The molecular weight excluding hydrogens is 210 g/mol. The first-order valence-corrected chi connectivity index (χ1v) is 5.76. The molecule has 1 N–H and O–H groups in total. The van der Waals surface area contributed by atoms with Crippen LogP contribution in [0.2, 0.25) is 0 Å². The standard InChI is InChI=1S/C14H21N3/c1-12(16-11-17(3)4)10-15-13(2)14-8-6-5-7-9-14/h5-9,11,13,15H,1,10H2,2-4H3. The summed E-state index contributed by atoms with van der Waals surface area (Å²) in [6.07, 6.45) is 1.76. The lowest BCUT2D eigenvalue weighted by Gasteiger charge is -2.14. The van der Waals surface area contributed by atoms with Crippen LogP contribution in [0.15, 0.2) is 47.6 Å². The van der Waals surface area contributed by atoms with E-state index in [4.69, 9.17) is 0 Å². The minimum Gasteiger partial charge on any atom is -0.369 e. The summed E-state index contributed by atoms with van der Waals surface area (Å²) in [5, 5.41) is 3.39. The summed E-state index contributed by atoms with van der Waals surface area (Å²) in [5.41, 5.74) is 2.11. The van der Waals surface area contributed by atoms with Crippen molar-refractivity contribution in [1.29, 1.82) is 0 Å². The molecule has 0 aliphatic rings. The van der Waals surface area contributed by atoms with Gasteiger partial charge in [0.2, 0.25) is 0 Å². The summed E-state index contributed by atoms with van der Waals surface area (Å²) in [5.74, 6) is 0. The molecule has 1 atom stereocenters. The second kappa shape index (κ2) is 6.86. The Balaban J connectivity index is 2.39. The number of nitrogens with one attached hydrogen (secondary N) is 1. The average Bonchev–Trinajstić information content (AvgIpc) is 2.34. The Hall–Kier alpha value is -1.61. The number of rotatable bonds is 6. The fourth-order valence-electron chi connectivity index (χ4n) is 1.37. The van der Waals surface area contributed by atoms with Crippen LogP contribution in [-0.2, 0) is 0 Å². The monoisotopic (exact) mass is 231 g/mol. The highest BCUT2D eigenvalue weighted by atomic mass is 15.1. The van der Waals surface area contributed by atoms with Gasteiger partial charge in [-0.25, -0.2) is 4.99 Å². The Kier molecular flexibility index (Phi) is 5.43. The van der Waals surface area contributed by atoms with Gasteiger partial charge in [-0.1, -0.05) is 36.9 Å². The van der Waals surface area contributed by atoms with E-state index in [9.17, 15) is 0 Å². The first-order valence-electron chi connectivity index (χ1n) is 5.76. The zero-order chi connectivity index (χ0) is 12.7. The normalized spacial score (nSPS) is 12.6. The molecule has 1 unspecified atom stereocenters. The van der Waals surface area contributed by atoms with Crippen LogP contribution in [0.4, 0.5) is 0 Å². The van der Waals surface area contributed by atoms with Crippen molar-refractivity contribution in [1.82, 2.24) is 10.2 Å². The molecule has 1 aromatic carbocycles. The minimum absolute atomic E-state index is 0.308. The van der Waals surface area contributed by atoms with E-state index < -0.39 is 0 Å². The number of hydrogen-bond acceptors (Lipinski definition) is 2. The molecule has 0 aromatic heterocycles. The highest BCUT2D eigenvalue weighted by Crippen LogP contribution is 2.11. The molecule has 92 valence electrons. The van der Waals surface area contributed by atoms with Crippen molar-refractivity contribution in [3.8, 4) is 0 Å². The Morgan fingerprint density at radius 2 is 2.06 bits per heavy atom. The quantitative estimate of drug-likeness (QED) is 0.601. The Morgan fingerprint density at radius 1 is 1.41 bits per heavy atom. The number of hydrogen-bond donors (Lipinski definition) is 1. The molecule has 0 aliphatic carbocycles. The fraction of sp³-hybridized carbons (Fsp3) is 0.357. The van der Waals surface area contributed by atoms with E-state index in [1.165, 1.54) is 5.56 Å². The Bertz CT molecular complexity index is 368. The van der Waals surface area contributed by atoms with E-state index in [1.807, 2.05) is 37.2 Å². The van der Waals surface area contributed by atoms with Crippen LogP contribution >= 0.6 is 0 Å². The van der Waals surface area contributed by atoms with E-state index in [1.54, 1.807) is 6.34 Å². The van der Waals surface area contributed by atoms with E-state index in [2.05, 4.69) is 35.9 Å². The first kappa shape index (κ1) is 13.5. The van der Waals surface area contributed by atoms with Gasteiger partial charge in [-0.15, -0.1) is 0 Å². The molecule has 3 nitrogen and oxygen atoms in total. The van der Waals surface area contributed by atoms with Gasteiger partial charge in [-0.2, -0.15) is 0 Å². The number of nitrogens with zero attached hydrogens (tertiary/aromatic N) is 2. The van der Waals surface area contributed by atoms with Crippen LogP contribution in [0.5, 0.6) is 0 Å². The van der Waals surface area contributed by atoms with Crippen molar-refractivity contribution < 1.29 is 0 Å². The van der Waals surface area contributed by atoms with E-state index >= 15 is 0 Å². The van der Waals surface area contributed by atoms with Gasteiger partial charge < -0.3 is 10.2 Å². The second-order valence-corrected chi connectivity index (χ2v) is 4.29. The second-order valence-electron chi connectivity index (χ2n) is 4.29. The maximum atomic E-state index is 4.23. The van der Waals surface area contributed by atoms with Crippen LogP contribution in [-0.4, -0.2) is 31.9 Å². The van der Waals surface area contributed by atoms with Crippen molar-refractivity contribution in [2.45, 2.75) is 13.0 Å². The number of benzene rings is 1. The Labute approximate surface area is 104 Å². The molecule has 17 heavy (non-hydrogen) atoms. The zero-order valence-electron chi connectivity index (χ0n) is 10.9. The maximum absolute atomic E-state index is 4.23. The van der Waals surface area contributed by atoms with Crippen LogP contribution in [0.3, 0.4) is 0 Å². The molecule has 0 bridgehead atoms. The smallest absolute Gasteiger partial charge is 0.0903 e. The predicted octanol–water partition coefficient (Wildman–Crippen LogP) is 2.44. The van der Waals surface area contributed by atoms with Crippen molar-refractivity contribution in [2.75, 3.05) is 20.6 Å². The fourth-order valence-corrected chi connectivity index (χ4v) is 1.37. The lowest BCUT2D eigenvalue weighted by molar-refractivity contribution is 0.602. The average molecular weight is 231 g/mol. The van der Waals surface area contributed by atoms with Crippen LogP contribution in [0.1, 0.15) is 18.5 Å². The third kappa shape index (κ3) is 5.31. The molecule has 1 rings (SSSR count). The summed E-state index contributed by atoms with van der Waals surface area (Å²) in [6.45, 7) is 6.74. The highest BCUT2D eigenvalue weighted by Gasteiger charge is 2.03. The molecule has 0 saturated heterocycles. The molecule has 0 amide bonds. The molecule has 0 spiro atoms. The maximum Gasteiger partial charge on any atom is 0.0903 e. The van der Waals surface area contributed by atoms with Gasteiger partial charge in [0, 0.05) is 32.4 Å². The molecule has 0 fully saturated rings. The summed E-state index contributed by atoms with van der Waals surface area (Å²) in [6, 6.07) is 10.7. The lowest BCUT2D eigenvalue weighted by atomic mass is 10.1. The van der Waals surface area contributed by atoms with E-state index in [0.717, 1.165) is 5.70 Å². The van der Waals surface area contributed by atoms with Gasteiger partial charge in [0.05, 0.1) is 6.34 Å². The van der Waals surface area contributed by atoms with Crippen molar-refractivity contribution >= 4 is 6.34 Å². The predicted molar refractivity (Wildman–Crippen MR) is 74.2 cm³/mol. The van der Waals surface area contributed by atoms with Crippen molar-refractivity contribution in [3.63, 3.8) is 0 Å². The van der Waals surface area contributed by atoms with Gasteiger partial charge >= 0.3 is 0 Å². The van der Waals surface area contributed by atoms with Gasteiger partial charge in [0.25, 0.3) is 0 Å². The van der Waals surface area contributed by atoms with Crippen LogP contribution < -0.4 is 5.32 Å². The summed E-state index contributed by atoms with van der Waals surface area (Å²) in [4.78, 5) is 6.13. The van der Waals surface area contributed by atoms with Crippen LogP contribution in [0, 0.1) is 0 Å². The lowest BCUT2D eigenvalue weighted by Crippen LogP contribution is -2.21. The SMILES string of the molecule is C=C(CNC(C)c1ccccc1)N=CN(C)C. The Morgan fingerprint density at radius 3 is 2.65 bits per heavy atom. The summed E-state index contributed by atoms with van der Waals surface area (Å²) < 4.78 is 0. The third-order valence-electron chi connectivity index (χ3n) is 2.38. The van der Waals surface area contributed by atoms with Gasteiger partial charge in [-0.3, -0.25) is 0 Å². The van der Waals surface area contributed by atoms with E-state index in [0.29, 0.717) is 12.6 Å². The third-order valence-corrected chi connectivity index (χ3v) is 2.38.